The van der Waals surface area contributed by atoms with E-state index in [0.29, 0.717) is 12.0 Å². The van der Waals surface area contributed by atoms with Gasteiger partial charge in [0.15, 0.2) is 0 Å². The van der Waals surface area contributed by atoms with Crippen molar-refractivity contribution in [2.75, 3.05) is 29.2 Å². The van der Waals surface area contributed by atoms with Crippen LogP contribution in [0.2, 0.25) is 0 Å². The summed E-state index contributed by atoms with van der Waals surface area (Å²) in [5.74, 6) is 3.60. The molecular weight excluding hydrogens is 276 g/mol. The molecule has 1 aromatic rings. The van der Waals surface area contributed by atoms with Crippen LogP contribution in [0.15, 0.2) is 10.7 Å². The van der Waals surface area contributed by atoms with Crippen LogP contribution in [0.5, 0.6) is 0 Å². The highest BCUT2D eigenvalue weighted by Gasteiger charge is 2.22. The van der Waals surface area contributed by atoms with Crippen molar-refractivity contribution in [2.24, 2.45) is 0 Å². The molecule has 1 aliphatic rings. The highest BCUT2D eigenvalue weighted by Crippen LogP contribution is 2.29. The predicted molar refractivity (Wildman–Crippen MR) is 68.3 cm³/mol. The SMILES string of the molecule is CN(c1nc(N)ncc1Br)C1CCSC1. The lowest BCUT2D eigenvalue weighted by Crippen LogP contribution is -2.32. The number of halogens is 1. The minimum absolute atomic E-state index is 0.325. The molecule has 0 bridgehead atoms. The second-order valence-corrected chi connectivity index (χ2v) is 5.53. The molecule has 1 atom stereocenters. The summed E-state index contributed by atoms with van der Waals surface area (Å²) in [6, 6.07) is 0.556. The van der Waals surface area contributed by atoms with Gasteiger partial charge in [0.1, 0.15) is 5.82 Å². The molecular formula is C9H13BrN4S. The second kappa shape index (κ2) is 4.57. The van der Waals surface area contributed by atoms with Gasteiger partial charge in [-0.2, -0.15) is 16.7 Å². The molecule has 1 fully saturated rings. The summed E-state index contributed by atoms with van der Waals surface area (Å²) in [5, 5.41) is 0. The number of aromatic nitrogens is 2. The maximum Gasteiger partial charge on any atom is 0.222 e. The van der Waals surface area contributed by atoms with Crippen LogP contribution in [0.4, 0.5) is 11.8 Å². The van der Waals surface area contributed by atoms with Gasteiger partial charge in [-0.3, -0.25) is 0 Å². The van der Waals surface area contributed by atoms with Gasteiger partial charge in [-0.05, 0) is 28.1 Å². The van der Waals surface area contributed by atoms with Gasteiger partial charge in [-0.1, -0.05) is 0 Å². The van der Waals surface area contributed by atoms with Crippen molar-refractivity contribution in [1.29, 1.82) is 0 Å². The third kappa shape index (κ3) is 2.36. The molecule has 1 aliphatic heterocycles. The molecule has 2 rings (SSSR count). The molecule has 0 saturated carbocycles. The molecule has 2 N–H and O–H groups in total. The molecule has 15 heavy (non-hydrogen) atoms. The summed E-state index contributed by atoms with van der Waals surface area (Å²) in [5.41, 5.74) is 5.59. The van der Waals surface area contributed by atoms with E-state index in [1.165, 1.54) is 12.2 Å². The van der Waals surface area contributed by atoms with E-state index >= 15 is 0 Å². The fourth-order valence-corrected chi connectivity index (χ4v) is 3.36. The Morgan fingerprint density at radius 3 is 3.13 bits per heavy atom. The molecule has 82 valence electrons. The Bertz CT molecular complexity index is 354. The molecule has 0 aromatic carbocycles. The van der Waals surface area contributed by atoms with E-state index in [-0.39, 0.29) is 0 Å². The first-order chi connectivity index (χ1) is 7.18. The topological polar surface area (TPSA) is 55.0 Å². The quantitative estimate of drug-likeness (QED) is 0.899. The summed E-state index contributed by atoms with van der Waals surface area (Å²) < 4.78 is 0.899. The Balaban J connectivity index is 2.23. The first kappa shape index (κ1) is 11.0. The largest absolute Gasteiger partial charge is 0.368 e. The lowest BCUT2D eigenvalue weighted by Gasteiger charge is -2.25. The van der Waals surface area contributed by atoms with Crippen molar-refractivity contribution in [3.8, 4) is 0 Å². The average molecular weight is 289 g/mol. The lowest BCUT2D eigenvalue weighted by atomic mass is 10.2. The molecule has 4 nitrogen and oxygen atoms in total. The first-order valence-corrected chi connectivity index (χ1v) is 6.72. The van der Waals surface area contributed by atoms with Crippen molar-refractivity contribution < 1.29 is 0 Å². The number of hydrogen-bond acceptors (Lipinski definition) is 5. The van der Waals surface area contributed by atoms with E-state index in [9.17, 15) is 0 Å². The van der Waals surface area contributed by atoms with Gasteiger partial charge in [0.25, 0.3) is 0 Å². The number of nitrogens with zero attached hydrogens (tertiary/aromatic N) is 3. The zero-order valence-corrected chi connectivity index (χ0v) is 10.9. The van der Waals surface area contributed by atoms with Gasteiger partial charge < -0.3 is 10.6 Å². The standard InChI is InChI=1S/C9H13BrN4S/c1-14(6-2-3-15-5-6)8-7(10)4-12-9(11)13-8/h4,6H,2-3,5H2,1H3,(H2,11,12,13). The molecule has 0 amide bonds. The third-order valence-electron chi connectivity index (χ3n) is 2.53. The summed E-state index contributed by atoms with van der Waals surface area (Å²) in [6.07, 6.45) is 2.91. The maximum absolute atomic E-state index is 5.59. The molecule has 0 spiro atoms. The summed E-state index contributed by atoms with van der Waals surface area (Å²) in [6.45, 7) is 0. The lowest BCUT2D eigenvalue weighted by molar-refractivity contribution is 0.689. The molecule has 6 heteroatoms. The fraction of sp³-hybridized carbons (Fsp3) is 0.556. The van der Waals surface area contributed by atoms with Gasteiger partial charge in [-0.15, -0.1) is 0 Å². The van der Waals surface area contributed by atoms with Gasteiger partial charge in [-0.25, -0.2) is 4.98 Å². The second-order valence-electron chi connectivity index (χ2n) is 3.53. The summed E-state index contributed by atoms with van der Waals surface area (Å²) in [4.78, 5) is 10.4. The molecule has 1 aromatic heterocycles. The zero-order valence-electron chi connectivity index (χ0n) is 8.48. The predicted octanol–water partition coefficient (Wildman–Crippen LogP) is 1.76. The van der Waals surface area contributed by atoms with Crippen LogP contribution in [0.1, 0.15) is 6.42 Å². The Kier molecular flexibility index (Phi) is 3.35. The van der Waals surface area contributed by atoms with Crippen LogP contribution in [-0.4, -0.2) is 34.6 Å². The Morgan fingerprint density at radius 1 is 1.67 bits per heavy atom. The molecule has 1 saturated heterocycles. The Morgan fingerprint density at radius 2 is 2.47 bits per heavy atom. The van der Waals surface area contributed by atoms with E-state index in [4.69, 9.17) is 5.73 Å². The van der Waals surface area contributed by atoms with Crippen LogP contribution < -0.4 is 10.6 Å². The number of nitrogen functional groups attached to an aromatic ring is 1. The number of hydrogen-bond donors (Lipinski definition) is 1. The van der Waals surface area contributed by atoms with Crippen molar-refractivity contribution in [1.82, 2.24) is 9.97 Å². The van der Waals surface area contributed by atoms with Crippen LogP contribution in [-0.2, 0) is 0 Å². The first-order valence-electron chi connectivity index (χ1n) is 4.77. The highest BCUT2D eigenvalue weighted by atomic mass is 79.9. The molecule has 0 aliphatic carbocycles. The monoisotopic (exact) mass is 288 g/mol. The molecule has 2 heterocycles. The van der Waals surface area contributed by atoms with Gasteiger partial charge in [0.05, 0.1) is 4.47 Å². The van der Waals surface area contributed by atoms with Crippen molar-refractivity contribution in [3.63, 3.8) is 0 Å². The third-order valence-corrected chi connectivity index (χ3v) is 4.24. The molecule has 0 radical (unpaired) electrons. The van der Waals surface area contributed by atoms with Crippen LogP contribution in [0.3, 0.4) is 0 Å². The Hall–Kier alpha value is -0.490. The van der Waals surface area contributed by atoms with Crippen LogP contribution >= 0.6 is 27.7 Å². The van der Waals surface area contributed by atoms with E-state index < -0.39 is 0 Å². The minimum atomic E-state index is 0.325. The average Bonchev–Trinajstić information content (AvgIpc) is 2.74. The van der Waals surface area contributed by atoms with Crippen molar-refractivity contribution in [3.05, 3.63) is 10.7 Å². The number of rotatable bonds is 2. The highest BCUT2D eigenvalue weighted by molar-refractivity contribution is 9.10. The zero-order chi connectivity index (χ0) is 10.8. The van der Waals surface area contributed by atoms with E-state index in [2.05, 4.69) is 37.8 Å². The van der Waals surface area contributed by atoms with Crippen molar-refractivity contribution in [2.45, 2.75) is 12.5 Å². The Labute approximate surface area is 102 Å². The van der Waals surface area contributed by atoms with Crippen molar-refractivity contribution >= 4 is 39.5 Å². The summed E-state index contributed by atoms with van der Waals surface area (Å²) >= 11 is 5.43. The fourth-order valence-electron chi connectivity index (χ4n) is 1.62. The normalized spacial score (nSPS) is 20.5. The smallest absolute Gasteiger partial charge is 0.222 e. The molecule has 1 unspecified atom stereocenters. The number of nitrogens with two attached hydrogens (primary N) is 1. The number of anilines is 2. The van der Waals surface area contributed by atoms with Gasteiger partial charge in [0.2, 0.25) is 5.95 Å². The summed E-state index contributed by atoms with van der Waals surface area (Å²) in [7, 11) is 2.06. The van der Waals surface area contributed by atoms with E-state index in [0.717, 1.165) is 16.0 Å². The van der Waals surface area contributed by atoms with E-state index in [1.807, 2.05) is 11.8 Å². The maximum atomic E-state index is 5.59. The van der Waals surface area contributed by atoms with Crippen LogP contribution in [0.25, 0.3) is 0 Å². The van der Waals surface area contributed by atoms with E-state index in [1.54, 1.807) is 6.20 Å². The van der Waals surface area contributed by atoms with Gasteiger partial charge in [0, 0.05) is 25.0 Å². The number of thioether (sulfide) groups is 1. The van der Waals surface area contributed by atoms with Gasteiger partial charge >= 0.3 is 0 Å². The minimum Gasteiger partial charge on any atom is -0.368 e. The van der Waals surface area contributed by atoms with Crippen LogP contribution in [0, 0.1) is 0 Å².